The number of nitrogens with one attached hydrogen (secondary N) is 1. The molecular formula is C14H10F2N2O3. The zero-order valence-electron chi connectivity index (χ0n) is 10.6. The lowest BCUT2D eigenvalue weighted by atomic mass is 10.2. The number of aromatic nitrogens is 1. The summed E-state index contributed by atoms with van der Waals surface area (Å²) in [6.45, 7) is 0.0880. The SMILES string of the molecule is O=C(NCc1ccc(C(=O)O)nc1)c1ccc(F)c(F)c1. The summed E-state index contributed by atoms with van der Waals surface area (Å²) in [6.07, 6.45) is 1.31. The summed E-state index contributed by atoms with van der Waals surface area (Å²) >= 11 is 0. The second-order valence-electron chi connectivity index (χ2n) is 4.17. The summed E-state index contributed by atoms with van der Waals surface area (Å²) in [6, 6.07) is 5.65. The van der Waals surface area contributed by atoms with Gasteiger partial charge in [0.15, 0.2) is 11.6 Å². The maximum Gasteiger partial charge on any atom is 0.354 e. The van der Waals surface area contributed by atoms with Gasteiger partial charge >= 0.3 is 5.97 Å². The van der Waals surface area contributed by atoms with Gasteiger partial charge in [0, 0.05) is 18.3 Å². The number of aromatic carboxylic acids is 1. The second-order valence-corrected chi connectivity index (χ2v) is 4.17. The molecule has 1 heterocycles. The minimum absolute atomic E-state index is 0.0102. The van der Waals surface area contributed by atoms with Gasteiger partial charge in [0.1, 0.15) is 5.69 Å². The van der Waals surface area contributed by atoms with Crippen molar-refractivity contribution in [1.29, 1.82) is 0 Å². The Hall–Kier alpha value is -2.83. The van der Waals surface area contributed by atoms with Crippen LogP contribution >= 0.6 is 0 Å². The summed E-state index contributed by atoms with van der Waals surface area (Å²) in [7, 11) is 0. The lowest BCUT2D eigenvalue weighted by molar-refractivity contribution is 0.0690. The van der Waals surface area contributed by atoms with E-state index in [9.17, 15) is 18.4 Å². The Morgan fingerprint density at radius 1 is 1.14 bits per heavy atom. The number of hydrogen-bond acceptors (Lipinski definition) is 3. The van der Waals surface area contributed by atoms with Gasteiger partial charge in [-0.3, -0.25) is 4.79 Å². The average molecular weight is 292 g/mol. The van der Waals surface area contributed by atoms with Gasteiger partial charge in [-0.1, -0.05) is 6.07 Å². The highest BCUT2D eigenvalue weighted by molar-refractivity contribution is 5.94. The maximum atomic E-state index is 13.0. The van der Waals surface area contributed by atoms with Crippen LogP contribution in [0, 0.1) is 11.6 Å². The van der Waals surface area contributed by atoms with Gasteiger partial charge in [0.25, 0.3) is 5.91 Å². The van der Waals surface area contributed by atoms with Gasteiger partial charge in [0.05, 0.1) is 0 Å². The third kappa shape index (κ3) is 3.59. The van der Waals surface area contributed by atoms with E-state index in [2.05, 4.69) is 10.3 Å². The fraction of sp³-hybridized carbons (Fsp3) is 0.0714. The monoisotopic (exact) mass is 292 g/mol. The number of halogens is 2. The van der Waals surface area contributed by atoms with Gasteiger partial charge in [-0.15, -0.1) is 0 Å². The van der Waals surface area contributed by atoms with Crippen LogP contribution in [-0.4, -0.2) is 22.0 Å². The molecule has 0 fully saturated rings. The van der Waals surface area contributed by atoms with Crippen LogP contribution in [0.1, 0.15) is 26.4 Å². The van der Waals surface area contributed by atoms with E-state index in [1.165, 1.54) is 24.4 Å². The van der Waals surface area contributed by atoms with E-state index in [-0.39, 0.29) is 17.8 Å². The van der Waals surface area contributed by atoms with Crippen LogP contribution in [0.3, 0.4) is 0 Å². The van der Waals surface area contributed by atoms with Crippen molar-refractivity contribution in [2.45, 2.75) is 6.54 Å². The van der Waals surface area contributed by atoms with Crippen molar-refractivity contribution in [2.75, 3.05) is 0 Å². The zero-order valence-corrected chi connectivity index (χ0v) is 10.6. The molecule has 108 valence electrons. The first-order valence-electron chi connectivity index (χ1n) is 5.89. The molecule has 0 aliphatic carbocycles. The average Bonchev–Trinajstić information content (AvgIpc) is 2.48. The Morgan fingerprint density at radius 2 is 1.90 bits per heavy atom. The molecule has 0 aliphatic heterocycles. The third-order valence-electron chi connectivity index (χ3n) is 2.68. The number of benzene rings is 1. The van der Waals surface area contributed by atoms with Crippen LogP contribution in [0.5, 0.6) is 0 Å². The molecule has 0 spiro atoms. The molecule has 0 aliphatic rings. The number of rotatable bonds is 4. The predicted octanol–water partition coefficient (Wildman–Crippen LogP) is 1.99. The van der Waals surface area contributed by atoms with E-state index in [1.54, 1.807) is 0 Å². The van der Waals surface area contributed by atoms with Crippen LogP contribution in [0.25, 0.3) is 0 Å². The minimum atomic E-state index is -1.15. The molecule has 2 aromatic rings. The number of carbonyl (C=O) groups is 2. The fourth-order valence-corrected chi connectivity index (χ4v) is 1.58. The molecule has 1 aromatic heterocycles. The molecule has 1 aromatic carbocycles. The van der Waals surface area contributed by atoms with E-state index in [0.29, 0.717) is 5.56 Å². The van der Waals surface area contributed by atoms with Crippen LogP contribution in [-0.2, 0) is 6.54 Å². The molecule has 0 atom stereocenters. The van der Waals surface area contributed by atoms with Gasteiger partial charge in [-0.05, 0) is 29.8 Å². The topological polar surface area (TPSA) is 79.3 Å². The molecular weight excluding hydrogens is 282 g/mol. The zero-order chi connectivity index (χ0) is 15.4. The standard InChI is InChI=1S/C14H10F2N2O3/c15-10-3-2-9(5-11(10)16)13(19)18-7-8-1-4-12(14(20)21)17-6-8/h1-6H,7H2,(H,18,19)(H,20,21). The first kappa shape index (κ1) is 14.6. The van der Waals surface area contributed by atoms with E-state index >= 15 is 0 Å². The van der Waals surface area contributed by atoms with E-state index in [0.717, 1.165) is 12.1 Å². The fourth-order valence-electron chi connectivity index (χ4n) is 1.58. The third-order valence-corrected chi connectivity index (χ3v) is 2.68. The van der Waals surface area contributed by atoms with Crippen LogP contribution in [0.2, 0.25) is 0 Å². The van der Waals surface area contributed by atoms with E-state index in [1.807, 2.05) is 0 Å². The molecule has 0 saturated carbocycles. The molecule has 0 unspecified atom stereocenters. The van der Waals surface area contributed by atoms with Crippen LogP contribution in [0.15, 0.2) is 36.5 Å². The number of carbonyl (C=O) groups excluding carboxylic acids is 1. The lowest BCUT2D eigenvalue weighted by Gasteiger charge is -2.06. The van der Waals surface area contributed by atoms with Crippen molar-refractivity contribution in [3.05, 3.63) is 65.0 Å². The Labute approximate surface area is 118 Å². The summed E-state index contributed by atoms with van der Waals surface area (Å²) in [5, 5.41) is 11.2. The number of hydrogen-bond donors (Lipinski definition) is 2. The number of carboxylic acids is 1. The number of carboxylic acid groups (broad SMARTS) is 1. The minimum Gasteiger partial charge on any atom is -0.477 e. The molecule has 0 radical (unpaired) electrons. The smallest absolute Gasteiger partial charge is 0.354 e. The van der Waals surface area contributed by atoms with E-state index in [4.69, 9.17) is 5.11 Å². The Bertz CT molecular complexity index is 687. The normalized spacial score (nSPS) is 10.2. The molecule has 2 rings (SSSR count). The summed E-state index contributed by atoms with van der Waals surface area (Å²) in [4.78, 5) is 26.1. The van der Waals surface area contributed by atoms with E-state index < -0.39 is 23.5 Å². The van der Waals surface area contributed by atoms with Gasteiger partial charge in [-0.2, -0.15) is 0 Å². The summed E-state index contributed by atoms with van der Waals surface area (Å²) in [5.41, 5.74) is 0.464. The lowest BCUT2D eigenvalue weighted by Crippen LogP contribution is -2.23. The Morgan fingerprint density at radius 3 is 2.48 bits per heavy atom. The molecule has 0 bridgehead atoms. The number of nitrogens with zero attached hydrogens (tertiary/aromatic N) is 1. The number of pyridine rings is 1. The molecule has 7 heteroatoms. The highest BCUT2D eigenvalue weighted by atomic mass is 19.2. The molecule has 0 saturated heterocycles. The van der Waals surface area contributed by atoms with Gasteiger partial charge in [0.2, 0.25) is 0 Å². The van der Waals surface area contributed by atoms with Crippen LogP contribution < -0.4 is 5.32 Å². The van der Waals surface area contributed by atoms with Crippen molar-refractivity contribution in [3.8, 4) is 0 Å². The van der Waals surface area contributed by atoms with Crippen molar-refractivity contribution in [1.82, 2.24) is 10.3 Å². The van der Waals surface area contributed by atoms with Crippen molar-refractivity contribution >= 4 is 11.9 Å². The Kier molecular flexibility index (Phi) is 4.22. The van der Waals surface area contributed by atoms with Crippen molar-refractivity contribution < 1.29 is 23.5 Å². The predicted molar refractivity (Wildman–Crippen MR) is 68.7 cm³/mol. The quantitative estimate of drug-likeness (QED) is 0.903. The maximum absolute atomic E-state index is 13.0. The van der Waals surface area contributed by atoms with Gasteiger partial charge < -0.3 is 10.4 Å². The van der Waals surface area contributed by atoms with Crippen LogP contribution in [0.4, 0.5) is 8.78 Å². The molecule has 1 amide bonds. The summed E-state index contributed by atoms with van der Waals surface area (Å²) in [5.74, 6) is -3.85. The Balaban J connectivity index is 2.00. The molecule has 2 N–H and O–H groups in total. The largest absolute Gasteiger partial charge is 0.477 e. The summed E-state index contributed by atoms with van der Waals surface area (Å²) < 4.78 is 25.8. The molecule has 5 nitrogen and oxygen atoms in total. The van der Waals surface area contributed by atoms with Crippen molar-refractivity contribution in [2.24, 2.45) is 0 Å². The highest BCUT2D eigenvalue weighted by Gasteiger charge is 2.10. The van der Waals surface area contributed by atoms with Crippen molar-refractivity contribution in [3.63, 3.8) is 0 Å². The second kappa shape index (κ2) is 6.08. The first-order valence-corrected chi connectivity index (χ1v) is 5.89. The molecule has 21 heavy (non-hydrogen) atoms. The van der Waals surface area contributed by atoms with Gasteiger partial charge in [-0.25, -0.2) is 18.6 Å². The first-order chi connectivity index (χ1) is 9.97. The highest BCUT2D eigenvalue weighted by Crippen LogP contribution is 2.09. The number of amides is 1.